The third-order valence-electron chi connectivity index (χ3n) is 4.56. The Balaban J connectivity index is 1.81. The third kappa shape index (κ3) is 2.91. The normalized spacial score (nSPS) is 24.7. The molecule has 0 aromatic heterocycles. The third-order valence-corrected chi connectivity index (χ3v) is 4.56. The van der Waals surface area contributed by atoms with Gasteiger partial charge in [0.1, 0.15) is 5.75 Å². The van der Waals surface area contributed by atoms with E-state index in [1.165, 1.54) is 32.1 Å². The Morgan fingerprint density at radius 3 is 3.00 bits per heavy atom. The molecule has 2 aliphatic rings. The zero-order valence-corrected chi connectivity index (χ0v) is 12.4. The maximum Gasteiger partial charge on any atom is 0.262 e. The van der Waals surface area contributed by atoms with E-state index in [1.807, 2.05) is 6.07 Å². The van der Waals surface area contributed by atoms with Gasteiger partial charge in [0.25, 0.3) is 5.91 Å². The smallest absolute Gasteiger partial charge is 0.262 e. The fraction of sp³-hybridized carbons (Fsp3) is 0.562. The van der Waals surface area contributed by atoms with Gasteiger partial charge in [-0.05, 0) is 24.8 Å². The van der Waals surface area contributed by atoms with Crippen molar-refractivity contribution in [3.05, 3.63) is 12.1 Å². The van der Waals surface area contributed by atoms with E-state index >= 15 is 0 Å². The van der Waals surface area contributed by atoms with Gasteiger partial charge >= 0.3 is 0 Å². The van der Waals surface area contributed by atoms with Crippen LogP contribution in [0.25, 0.3) is 0 Å². The summed E-state index contributed by atoms with van der Waals surface area (Å²) in [4.78, 5) is 11.4. The summed E-state index contributed by atoms with van der Waals surface area (Å²) < 4.78 is 5.38. The lowest BCUT2D eigenvalue weighted by Crippen LogP contribution is -2.32. The first-order valence-corrected chi connectivity index (χ1v) is 7.80. The molecule has 1 aromatic carbocycles. The zero-order valence-electron chi connectivity index (χ0n) is 12.4. The van der Waals surface area contributed by atoms with Crippen LogP contribution < -0.4 is 21.1 Å². The number of nitrogen functional groups attached to an aromatic ring is 1. The summed E-state index contributed by atoms with van der Waals surface area (Å²) in [5, 5.41) is 6.41. The van der Waals surface area contributed by atoms with Gasteiger partial charge in [-0.1, -0.05) is 26.2 Å². The first-order chi connectivity index (χ1) is 10.2. The zero-order chi connectivity index (χ0) is 14.8. The number of ether oxygens (including phenoxy) is 1. The van der Waals surface area contributed by atoms with Crippen molar-refractivity contribution in [2.75, 3.05) is 23.0 Å². The van der Waals surface area contributed by atoms with Crippen LogP contribution in [0.2, 0.25) is 0 Å². The standard InChI is InChI=1S/C16H23N3O2/c1-2-10-5-3-4-6-12(10)18-13-8-14-15(7-11(13)17)21-9-16(20)19-14/h7-8,10,12,18H,2-6,9,17H2,1H3,(H,19,20). The Morgan fingerprint density at radius 2 is 2.19 bits per heavy atom. The van der Waals surface area contributed by atoms with Gasteiger partial charge in [-0.15, -0.1) is 0 Å². The van der Waals surface area contributed by atoms with Crippen LogP contribution >= 0.6 is 0 Å². The van der Waals surface area contributed by atoms with Crippen molar-refractivity contribution >= 4 is 23.0 Å². The number of nitrogens with two attached hydrogens (primary N) is 1. The first-order valence-electron chi connectivity index (χ1n) is 7.80. The molecule has 0 spiro atoms. The Bertz CT molecular complexity index is 545. The van der Waals surface area contributed by atoms with E-state index in [-0.39, 0.29) is 12.5 Å². The maximum atomic E-state index is 11.4. The predicted octanol–water partition coefficient (Wildman–Crippen LogP) is 2.98. The molecule has 114 valence electrons. The van der Waals surface area contributed by atoms with Gasteiger partial charge in [0.2, 0.25) is 0 Å². The van der Waals surface area contributed by atoms with Gasteiger partial charge in [0, 0.05) is 12.1 Å². The number of amides is 1. The monoisotopic (exact) mass is 289 g/mol. The number of nitrogens with one attached hydrogen (secondary N) is 2. The number of anilines is 3. The van der Waals surface area contributed by atoms with Gasteiger partial charge in [0.05, 0.1) is 17.1 Å². The highest BCUT2D eigenvalue weighted by Crippen LogP contribution is 2.37. The Labute approximate surface area is 125 Å². The number of hydrogen-bond donors (Lipinski definition) is 3. The van der Waals surface area contributed by atoms with Crippen molar-refractivity contribution in [3.63, 3.8) is 0 Å². The highest BCUT2D eigenvalue weighted by Gasteiger charge is 2.25. The van der Waals surface area contributed by atoms with Crippen LogP contribution in [0.15, 0.2) is 12.1 Å². The van der Waals surface area contributed by atoms with Crippen LogP contribution in [0.3, 0.4) is 0 Å². The molecule has 2 atom stereocenters. The van der Waals surface area contributed by atoms with Crippen LogP contribution in [0.1, 0.15) is 39.0 Å². The van der Waals surface area contributed by atoms with Crippen LogP contribution in [-0.4, -0.2) is 18.6 Å². The highest BCUT2D eigenvalue weighted by molar-refractivity contribution is 5.97. The minimum Gasteiger partial charge on any atom is -0.482 e. The molecule has 0 radical (unpaired) electrons. The summed E-state index contributed by atoms with van der Waals surface area (Å²) in [6.45, 7) is 2.30. The van der Waals surface area contributed by atoms with Crippen molar-refractivity contribution in [2.45, 2.75) is 45.1 Å². The van der Waals surface area contributed by atoms with Crippen molar-refractivity contribution in [3.8, 4) is 5.75 Å². The fourth-order valence-electron chi connectivity index (χ4n) is 3.35. The van der Waals surface area contributed by atoms with Crippen molar-refractivity contribution < 1.29 is 9.53 Å². The number of carbonyl (C=O) groups is 1. The highest BCUT2D eigenvalue weighted by atomic mass is 16.5. The topological polar surface area (TPSA) is 76.4 Å². The number of rotatable bonds is 3. The van der Waals surface area contributed by atoms with Gasteiger partial charge in [-0.3, -0.25) is 4.79 Å². The van der Waals surface area contributed by atoms with Gasteiger partial charge in [-0.25, -0.2) is 0 Å². The van der Waals surface area contributed by atoms with Gasteiger partial charge < -0.3 is 21.1 Å². The molecular formula is C16H23N3O2. The van der Waals surface area contributed by atoms with Gasteiger partial charge in [-0.2, -0.15) is 0 Å². The van der Waals surface area contributed by atoms with E-state index in [1.54, 1.807) is 6.07 Å². The summed E-state index contributed by atoms with van der Waals surface area (Å²) >= 11 is 0. The molecule has 21 heavy (non-hydrogen) atoms. The summed E-state index contributed by atoms with van der Waals surface area (Å²) in [6, 6.07) is 4.15. The largest absolute Gasteiger partial charge is 0.482 e. The van der Waals surface area contributed by atoms with Crippen molar-refractivity contribution in [1.29, 1.82) is 0 Å². The minimum atomic E-state index is -0.123. The lowest BCUT2D eigenvalue weighted by atomic mass is 9.82. The lowest BCUT2D eigenvalue weighted by molar-refractivity contribution is -0.118. The molecule has 1 fully saturated rings. The van der Waals surface area contributed by atoms with Crippen LogP contribution in [0.4, 0.5) is 17.1 Å². The van der Waals surface area contributed by atoms with E-state index in [2.05, 4.69) is 17.6 Å². The van der Waals surface area contributed by atoms with Crippen molar-refractivity contribution in [1.82, 2.24) is 0 Å². The van der Waals surface area contributed by atoms with E-state index in [0.29, 0.717) is 29.1 Å². The second kappa shape index (κ2) is 5.84. The molecule has 1 aliphatic carbocycles. The van der Waals surface area contributed by atoms with Gasteiger partial charge in [0.15, 0.2) is 6.61 Å². The van der Waals surface area contributed by atoms with E-state index in [9.17, 15) is 4.79 Å². The lowest BCUT2D eigenvalue weighted by Gasteiger charge is -2.33. The average Bonchev–Trinajstić information content (AvgIpc) is 2.49. The molecule has 1 aliphatic heterocycles. The molecule has 1 heterocycles. The number of benzene rings is 1. The number of hydrogen-bond acceptors (Lipinski definition) is 4. The van der Waals surface area contributed by atoms with E-state index in [4.69, 9.17) is 10.5 Å². The molecule has 1 amide bonds. The second-order valence-corrected chi connectivity index (χ2v) is 5.98. The van der Waals surface area contributed by atoms with E-state index in [0.717, 1.165) is 5.69 Å². The molecule has 5 heteroatoms. The van der Waals surface area contributed by atoms with Crippen LogP contribution in [-0.2, 0) is 4.79 Å². The molecule has 3 rings (SSSR count). The molecule has 4 N–H and O–H groups in total. The summed E-state index contributed by atoms with van der Waals surface area (Å²) in [6.07, 6.45) is 6.22. The Morgan fingerprint density at radius 1 is 1.38 bits per heavy atom. The molecule has 0 saturated heterocycles. The van der Waals surface area contributed by atoms with Crippen LogP contribution in [0.5, 0.6) is 5.75 Å². The van der Waals surface area contributed by atoms with E-state index < -0.39 is 0 Å². The molecule has 0 bridgehead atoms. The molecule has 2 unspecified atom stereocenters. The second-order valence-electron chi connectivity index (χ2n) is 5.98. The first kappa shape index (κ1) is 14.0. The minimum absolute atomic E-state index is 0.0553. The summed E-state index contributed by atoms with van der Waals surface area (Å²) in [5.74, 6) is 1.22. The Kier molecular flexibility index (Phi) is 3.90. The van der Waals surface area contributed by atoms with Crippen LogP contribution in [0, 0.1) is 5.92 Å². The quantitative estimate of drug-likeness (QED) is 0.748. The molecule has 5 nitrogen and oxygen atoms in total. The molecule has 1 aromatic rings. The van der Waals surface area contributed by atoms with Crippen molar-refractivity contribution in [2.24, 2.45) is 5.92 Å². The average molecular weight is 289 g/mol. The predicted molar refractivity (Wildman–Crippen MR) is 84.6 cm³/mol. The Hall–Kier alpha value is -1.91. The fourth-order valence-corrected chi connectivity index (χ4v) is 3.35. The summed E-state index contributed by atoms with van der Waals surface area (Å²) in [7, 11) is 0. The number of fused-ring (bicyclic) bond motifs is 1. The maximum absolute atomic E-state index is 11.4. The summed E-state index contributed by atoms with van der Waals surface area (Å²) in [5.41, 5.74) is 8.39. The number of carbonyl (C=O) groups excluding carboxylic acids is 1. The molecular weight excluding hydrogens is 266 g/mol. The SMILES string of the molecule is CCC1CCCCC1Nc1cc2c(cc1N)OCC(=O)N2. The molecule has 1 saturated carbocycles.